The van der Waals surface area contributed by atoms with E-state index in [2.05, 4.69) is 10.4 Å². The van der Waals surface area contributed by atoms with Crippen LogP contribution in [-0.2, 0) is 11.8 Å². The van der Waals surface area contributed by atoms with Crippen molar-refractivity contribution in [2.24, 2.45) is 7.05 Å². The molecule has 1 N–H and O–H groups in total. The van der Waals surface area contributed by atoms with Crippen LogP contribution in [0, 0.1) is 0 Å². The van der Waals surface area contributed by atoms with E-state index in [-0.39, 0.29) is 17.5 Å². The monoisotopic (exact) mass is 266 g/mol. The topological polar surface area (TPSA) is 68.9 Å². The molecule has 2 aromatic rings. The number of para-hydroxylation sites is 1. The fourth-order valence-corrected chi connectivity index (χ4v) is 1.58. The van der Waals surface area contributed by atoms with Crippen LogP contribution in [0.5, 0.6) is 0 Å². The zero-order valence-corrected chi connectivity index (χ0v) is 10.4. The number of halogens is 1. The van der Waals surface area contributed by atoms with Crippen molar-refractivity contribution >= 4 is 23.5 Å². The fraction of sp³-hybridized carbons (Fsp3) is 0.182. The van der Waals surface area contributed by atoms with Crippen LogP contribution in [0.3, 0.4) is 0 Å². The summed E-state index contributed by atoms with van der Waals surface area (Å²) in [6.45, 7) is 0. The van der Waals surface area contributed by atoms with Gasteiger partial charge in [-0.25, -0.2) is 14.0 Å². The van der Waals surface area contributed by atoms with E-state index in [9.17, 15) is 9.59 Å². The Labute approximate surface area is 108 Å². The maximum atomic E-state index is 11.9. The van der Waals surface area contributed by atoms with Gasteiger partial charge in [-0.15, -0.1) is 16.7 Å². The Morgan fingerprint density at radius 1 is 1.39 bits per heavy atom. The van der Waals surface area contributed by atoms with Crippen molar-refractivity contribution in [1.29, 1.82) is 0 Å². The molecule has 6 nitrogen and oxygen atoms in total. The van der Waals surface area contributed by atoms with Crippen molar-refractivity contribution < 1.29 is 4.79 Å². The zero-order valence-electron chi connectivity index (χ0n) is 9.63. The largest absolute Gasteiger partial charge is 0.351 e. The van der Waals surface area contributed by atoms with Crippen molar-refractivity contribution in [3.05, 3.63) is 40.8 Å². The molecule has 0 aliphatic heterocycles. The van der Waals surface area contributed by atoms with Crippen LogP contribution < -0.4 is 11.0 Å². The third-order valence-electron chi connectivity index (χ3n) is 2.31. The van der Waals surface area contributed by atoms with E-state index < -0.39 is 5.91 Å². The number of carbonyl (C=O) groups is 1. The van der Waals surface area contributed by atoms with Gasteiger partial charge in [0.1, 0.15) is 5.88 Å². The Kier molecular flexibility index (Phi) is 3.47. The zero-order chi connectivity index (χ0) is 13.1. The third kappa shape index (κ3) is 2.28. The van der Waals surface area contributed by atoms with Gasteiger partial charge in [0, 0.05) is 7.05 Å². The lowest BCUT2D eigenvalue weighted by Crippen LogP contribution is -2.23. The van der Waals surface area contributed by atoms with Gasteiger partial charge in [-0.1, -0.05) is 18.2 Å². The Balaban J connectivity index is 2.52. The van der Waals surface area contributed by atoms with Crippen molar-refractivity contribution in [3.63, 3.8) is 0 Å². The molecule has 2 rings (SSSR count). The van der Waals surface area contributed by atoms with Crippen molar-refractivity contribution in [2.75, 3.05) is 11.2 Å². The molecule has 0 aliphatic carbocycles. The number of benzene rings is 1. The smallest absolute Gasteiger partial charge is 0.293 e. The number of anilines is 1. The second-order valence-corrected chi connectivity index (χ2v) is 3.85. The molecule has 18 heavy (non-hydrogen) atoms. The lowest BCUT2D eigenvalue weighted by Gasteiger charge is -2.05. The van der Waals surface area contributed by atoms with Gasteiger partial charge in [-0.05, 0) is 12.1 Å². The average Bonchev–Trinajstić information content (AvgIpc) is 2.66. The van der Waals surface area contributed by atoms with Gasteiger partial charge in [-0.3, -0.25) is 10.1 Å². The van der Waals surface area contributed by atoms with Gasteiger partial charge in [0.25, 0.3) is 0 Å². The summed E-state index contributed by atoms with van der Waals surface area (Å²) >= 11 is 5.41. The van der Waals surface area contributed by atoms with Crippen LogP contribution >= 0.6 is 11.6 Å². The lowest BCUT2D eigenvalue weighted by molar-refractivity contribution is -0.114. The summed E-state index contributed by atoms with van der Waals surface area (Å²) in [6.07, 6.45) is 0. The highest BCUT2D eigenvalue weighted by Gasteiger charge is 2.14. The molecule has 1 aromatic carbocycles. The summed E-state index contributed by atoms with van der Waals surface area (Å²) in [5, 5.41) is 6.43. The fourth-order valence-electron chi connectivity index (χ4n) is 1.51. The van der Waals surface area contributed by atoms with Gasteiger partial charge < -0.3 is 0 Å². The third-order valence-corrected chi connectivity index (χ3v) is 2.55. The molecule has 0 saturated heterocycles. The Bertz CT molecular complexity index is 618. The molecule has 94 valence electrons. The number of aryl methyl sites for hydroxylation is 1. The number of hydrogen-bond donors (Lipinski definition) is 1. The minimum Gasteiger partial charge on any atom is -0.293 e. The summed E-state index contributed by atoms with van der Waals surface area (Å²) in [7, 11) is 1.51. The SMILES string of the molecule is Cn1nc(NC(=O)CCl)n(-c2ccccc2)c1=O. The van der Waals surface area contributed by atoms with Crippen LogP contribution in [0.4, 0.5) is 5.95 Å². The number of hydrogen-bond acceptors (Lipinski definition) is 3. The maximum absolute atomic E-state index is 11.9. The Morgan fingerprint density at radius 2 is 2.06 bits per heavy atom. The molecule has 0 saturated carbocycles. The summed E-state index contributed by atoms with van der Waals surface area (Å²) in [4.78, 5) is 23.2. The Hall–Kier alpha value is -2.08. The predicted octanol–water partition coefficient (Wildman–Crippen LogP) is 0.748. The molecule has 7 heteroatoms. The second kappa shape index (κ2) is 5.05. The van der Waals surface area contributed by atoms with Crippen molar-refractivity contribution in [1.82, 2.24) is 14.3 Å². The summed E-state index contributed by atoms with van der Waals surface area (Å²) < 4.78 is 2.46. The Morgan fingerprint density at radius 3 is 2.67 bits per heavy atom. The van der Waals surface area contributed by atoms with E-state index in [1.165, 1.54) is 11.6 Å². The molecular formula is C11H11ClN4O2. The van der Waals surface area contributed by atoms with Crippen molar-refractivity contribution in [3.8, 4) is 5.69 Å². The quantitative estimate of drug-likeness (QED) is 0.834. The predicted molar refractivity (Wildman–Crippen MR) is 68.2 cm³/mol. The molecule has 0 unspecified atom stereocenters. The number of carbonyl (C=O) groups excluding carboxylic acids is 1. The summed E-state index contributed by atoms with van der Waals surface area (Å²) in [5.74, 6) is -0.460. The van der Waals surface area contributed by atoms with Gasteiger partial charge in [0.05, 0.1) is 5.69 Å². The molecule has 1 amide bonds. The molecule has 1 aromatic heterocycles. The number of alkyl halides is 1. The highest BCUT2D eigenvalue weighted by molar-refractivity contribution is 6.28. The van der Waals surface area contributed by atoms with Crippen LogP contribution in [0.25, 0.3) is 5.69 Å². The van der Waals surface area contributed by atoms with Crippen molar-refractivity contribution in [2.45, 2.75) is 0 Å². The van der Waals surface area contributed by atoms with Gasteiger partial charge in [-0.2, -0.15) is 0 Å². The van der Waals surface area contributed by atoms with Gasteiger partial charge >= 0.3 is 5.69 Å². The van der Waals surface area contributed by atoms with Crippen LogP contribution in [0.1, 0.15) is 0 Å². The lowest BCUT2D eigenvalue weighted by atomic mass is 10.3. The molecule has 0 spiro atoms. The van der Waals surface area contributed by atoms with E-state index in [0.29, 0.717) is 5.69 Å². The number of aromatic nitrogens is 3. The number of rotatable bonds is 3. The van der Waals surface area contributed by atoms with Crippen LogP contribution in [0.2, 0.25) is 0 Å². The van der Waals surface area contributed by atoms with E-state index in [1.54, 1.807) is 24.3 Å². The molecule has 0 bridgehead atoms. The van der Waals surface area contributed by atoms with E-state index >= 15 is 0 Å². The van der Waals surface area contributed by atoms with Gasteiger partial charge in [0.15, 0.2) is 0 Å². The second-order valence-electron chi connectivity index (χ2n) is 3.58. The highest BCUT2D eigenvalue weighted by atomic mass is 35.5. The minimum absolute atomic E-state index is 0.152. The number of nitrogens with one attached hydrogen (secondary N) is 1. The highest BCUT2D eigenvalue weighted by Crippen LogP contribution is 2.10. The number of nitrogens with zero attached hydrogens (tertiary/aromatic N) is 3. The molecule has 0 radical (unpaired) electrons. The molecule has 0 aliphatic rings. The summed E-state index contributed by atoms with van der Waals surface area (Å²) in [6, 6.07) is 8.92. The average molecular weight is 267 g/mol. The molecule has 0 fully saturated rings. The molecule has 0 atom stereocenters. The van der Waals surface area contributed by atoms with E-state index in [4.69, 9.17) is 11.6 Å². The first-order chi connectivity index (χ1) is 8.63. The normalized spacial score (nSPS) is 10.3. The first-order valence-corrected chi connectivity index (χ1v) is 5.74. The molecule has 1 heterocycles. The first kappa shape index (κ1) is 12.4. The van der Waals surface area contributed by atoms with E-state index in [1.807, 2.05) is 6.07 Å². The maximum Gasteiger partial charge on any atom is 0.351 e. The van der Waals surface area contributed by atoms with Crippen LogP contribution in [0.15, 0.2) is 35.1 Å². The standard InChI is InChI=1S/C11H11ClN4O2/c1-15-11(18)16(8-5-3-2-4-6-8)10(14-15)13-9(17)7-12/h2-6H,7H2,1H3,(H,13,14,17). The summed E-state index contributed by atoms with van der Waals surface area (Å²) in [5.41, 5.74) is 0.284. The van der Waals surface area contributed by atoms with Gasteiger partial charge in [0.2, 0.25) is 11.9 Å². The van der Waals surface area contributed by atoms with Crippen LogP contribution in [-0.4, -0.2) is 26.1 Å². The minimum atomic E-state index is -0.417. The number of amides is 1. The first-order valence-electron chi connectivity index (χ1n) is 5.20. The van der Waals surface area contributed by atoms with E-state index in [0.717, 1.165) is 4.68 Å². The molecular weight excluding hydrogens is 256 g/mol.